The highest BCUT2D eigenvalue weighted by atomic mass is 19.1. The maximum Gasteiger partial charge on any atom is 0.328 e. The molecule has 1 fully saturated rings. The Hall–Kier alpha value is -1.62. The van der Waals surface area contributed by atoms with Gasteiger partial charge in [-0.3, -0.25) is 4.57 Å². The Kier molecular flexibility index (Phi) is 2.07. The van der Waals surface area contributed by atoms with Crippen molar-refractivity contribution in [2.24, 2.45) is 0 Å². The average molecular weight is 222 g/mol. The largest absolute Gasteiger partial charge is 0.358 e. The van der Waals surface area contributed by atoms with Gasteiger partial charge in [-0.1, -0.05) is 6.07 Å². The van der Waals surface area contributed by atoms with E-state index in [1.807, 2.05) is 0 Å². The first-order chi connectivity index (χ1) is 7.77. The molecule has 0 amide bonds. The highest BCUT2D eigenvalue weighted by Crippen LogP contribution is 2.26. The molecular weight excluding hydrogens is 211 g/mol. The van der Waals surface area contributed by atoms with E-state index in [-0.39, 0.29) is 11.9 Å². The lowest BCUT2D eigenvalue weighted by molar-refractivity contribution is 0.0569. The second-order valence-electron chi connectivity index (χ2n) is 3.90. The van der Waals surface area contributed by atoms with Crippen molar-refractivity contribution in [2.45, 2.75) is 19.1 Å². The summed E-state index contributed by atoms with van der Waals surface area (Å²) in [5.74, 6) is -0.397. The standard InChI is InChI=1S/C11H11FN2O2/c12-7-3-1-4-8-10(7)14(11(15)13-8)9-5-2-6-16-9/h1,3-4,9H,2,5-6H2,(H,13,15). The van der Waals surface area contributed by atoms with Crippen molar-refractivity contribution >= 4 is 11.0 Å². The van der Waals surface area contributed by atoms with E-state index in [1.165, 1.54) is 10.6 Å². The van der Waals surface area contributed by atoms with Crippen molar-refractivity contribution in [3.05, 3.63) is 34.5 Å². The molecule has 2 heterocycles. The summed E-state index contributed by atoms with van der Waals surface area (Å²) in [6.07, 6.45) is 1.32. The highest BCUT2D eigenvalue weighted by molar-refractivity contribution is 5.75. The van der Waals surface area contributed by atoms with Crippen LogP contribution in [0, 0.1) is 5.82 Å². The fourth-order valence-electron chi connectivity index (χ4n) is 2.18. The summed E-state index contributed by atoms with van der Waals surface area (Å²) in [7, 11) is 0. The Balaban J connectivity index is 2.29. The smallest absolute Gasteiger partial charge is 0.328 e. The van der Waals surface area contributed by atoms with E-state index in [1.54, 1.807) is 12.1 Å². The van der Waals surface area contributed by atoms with E-state index in [0.717, 1.165) is 12.8 Å². The van der Waals surface area contributed by atoms with Crippen molar-refractivity contribution in [1.29, 1.82) is 0 Å². The molecule has 1 aromatic carbocycles. The molecule has 4 nitrogen and oxygen atoms in total. The maximum atomic E-state index is 13.7. The number of hydrogen-bond acceptors (Lipinski definition) is 2. The minimum Gasteiger partial charge on any atom is -0.358 e. The van der Waals surface area contributed by atoms with Crippen LogP contribution in [0.5, 0.6) is 0 Å². The van der Waals surface area contributed by atoms with Crippen LogP contribution in [0.1, 0.15) is 19.1 Å². The number of imidazole rings is 1. The number of ether oxygens (including phenoxy) is 1. The lowest BCUT2D eigenvalue weighted by atomic mass is 10.3. The van der Waals surface area contributed by atoms with E-state index in [0.29, 0.717) is 17.6 Å². The molecule has 1 aliphatic heterocycles. The molecule has 1 unspecified atom stereocenters. The van der Waals surface area contributed by atoms with E-state index in [2.05, 4.69) is 4.98 Å². The fraction of sp³-hybridized carbons (Fsp3) is 0.364. The van der Waals surface area contributed by atoms with Gasteiger partial charge in [0.2, 0.25) is 0 Å². The van der Waals surface area contributed by atoms with Crippen LogP contribution in [0.2, 0.25) is 0 Å². The molecular formula is C11H11FN2O2. The third-order valence-electron chi connectivity index (χ3n) is 2.88. The van der Waals surface area contributed by atoms with E-state index >= 15 is 0 Å². The van der Waals surface area contributed by atoms with Crippen molar-refractivity contribution in [2.75, 3.05) is 6.61 Å². The molecule has 1 aliphatic rings. The van der Waals surface area contributed by atoms with Gasteiger partial charge in [0, 0.05) is 6.61 Å². The van der Waals surface area contributed by atoms with E-state index in [4.69, 9.17) is 4.74 Å². The molecule has 3 rings (SSSR count). The van der Waals surface area contributed by atoms with Crippen LogP contribution in [0.15, 0.2) is 23.0 Å². The second kappa shape index (κ2) is 3.45. The zero-order chi connectivity index (χ0) is 11.1. The van der Waals surface area contributed by atoms with Crippen LogP contribution in [0.4, 0.5) is 4.39 Å². The number of aromatic amines is 1. The number of nitrogens with zero attached hydrogens (tertiary/aromatic N) is 1. The number of fused-ring (bicyclic) bond motifs is 1. The molecule has 0 radical (unpaired) electrons. The average Bonchev–Trinajstić information content (AvgIpc) is 2.84. The van der Waals surface area contributed by atoms with Gasteiger partial charge in [0.15, 0.2) is 0 Å². The lowest BCUT2D eigenvalue weighted by Crippen LogP contribution is -2.21. The van der Waals surface area contributed by atoms with Gasteiger partial charge in [-0.25, -0.2) is 9.18 Å². The fourth-order valence-corrected chi connectivity index (χ4v) is 2.18. The summed E-state index contributed by atoms with van der Waals surface area (Å²) in [6, 6.07) is 4.61. The third-order valence-corrected chi connectivity index (χ3v) is 2.88. The predicted molar refractivity (Wildman–Crippen MR) is 56.7 cm³/mol. The first kappa shape index (κ1) is 9.59. The topological polar surface area (TPSA) is 47.0 Å². The normalized spacial score (nSPS) is 20.7. The monoisotopic (exact) mass is 222 g/mol. The van der Waals surface area contributed by atoms with Crippen molar-refractivity contribution in [3.63, 3.8) is 0 Å². The first-order valence-corrected chi connectivity index (χ1v) is 5.28. The SMILES string of the molecule is O=c1[nH]c2cccc(F)c2n1C1CCCO1. The number of aromatic nitrogens is 2. The summed E-state index contributed by atoms with van der Waals surface area (Å²) >= 11 is 0. The number of hydrogen-bond donors (Lipinski definition) is 1. The van der Waals surface area contributed by atoms with Crippen LogP contribution in [-0.4, -0.2) is 16.2 Å². The van der Waals surface area contributed by atoms with Gasteiger partial charge >= 0.3 is 5.69 Å². The zero-order valence-corrected chi connectivity index (χ0v) is 8.57. The van der Waals surface area contributed by atoms with Crippen molar-refractivity contribution in [3.8, 4) is 0 Å². The first-order valence-electron chi connectivity index (χ1n) is 5.28. The lowest BCUT2D eigenvalue weighted by Gasteiger charge is -2.11. The van der Waals surface area contributed by atoms with Gasteiger partial charge < -0.3 is 9.72 Å². The molecule has 1 saturated heterocycles. The molecule has 0 aliphatic carbocycles. The third kappa shape index (κ3) is 1.28. The number of halogens is 1. The maximum absolute atomic E-state index is 13.7. The highest BCUT2D eigenvalue weighted by Gasteiger charge is 2.23. The molecule has 84 valence electrons. The number of H-pyrrole nitrogens is 1. The van der Waals surface area contributed by atoms with Gasteiger partial charge in [0.25, 0.3) is 0 Å². The van der Waals surface area contributed by atoms with Crippen molar-refractivity contribution < 1.29 is 9.13 Å². The molecule has 16 heavy (non-hydrogen) atoms. The molecule has 0 spiro atoms. The Morgan fingerprint density at radius 2 is 2.38 bits per heavy atom. The minimum absolute atomic E-state index is 0.305. The predicted octanol–water partition coefficient (Wildman–Crippen LogP) is 1.78. The molecule has 2 aromatic rings. The van der Waals surface area contributed by atoms with Gasteiger partial charge in [0.1, 0.15) is 17.6 Å². The summed E-state index contributed by atoms with van der Waals surface area (Å²) in [5.41, 5.74) is 0.506. The number of rotatable bonds is 1. The Bertz CT molecular complexity index is 581. The van der Waals surface area contributed by atoms with Crippen LogP contribution in [-0.2, 0) is 4.74 Å². The molecule has 1 N–H and O–H groups in total. The van der Waals surface area contributed by atoms with Crippen molar-refractivity contribution in [1.82, 2.24) is 9.55 Å². The van der Waals surface area contributed by atoms with Crippen LogP contribution < -0.4 is 5.69 Å². The number of nitrogens with one attached hydrogen (secondary N) is 1. The Morgan fingerprint density at radius 1 is 1.50 bits per heavy atom. The molecule has 5 heteroatoms. The summed E-state index contributed by atoms with van der Waals surface area (Å²) < 4.78 is 20.5. The molecule has 1 atom stereocenters. The van der Waals surface area contributed by atoms with Crippen LogP contribution >= 0.6 is 0 Å². The number of benzene rings is 1. The Morgan fingerprint density at radius 3 is 3.12 bits per heavy atom. The summed E-state index contributed by atoms with van der Waals surface area (Å²) in [5, 5.41) is 0. The van der Waals surface area contributed by atoms with E-state index < -0.39 is 5.82 Å². The minimum atomic E-state index is -0.397. The second-order valence-corrected chi connectivity index (χ2v) is 3.90. The van der Waals surface area contributed by atoms with Gasteiger partial charge in [-0.15, -0.1) is 0 Å². The summed E-state index contributed by atoms with van der Waals surface area (Å²) in [6.45, 7) is 0.623. The number of para-hydroxylation sites is 1. The quantitative estimate of drug-likeness (QED) is 0.799. The van der Waals surface area contributed by atoms with Gasteiger partial charge in [-0.2, -0.15) is 0 Å². The zero-order valence-electron chi connectivity index (χ0n) is 8.57. The summed E-state index contributed by atoms with van der Waals surface area (Å²) in [4.78, 5) is 14.4. The molecule has 1 aromatic heterocycles. The van der Waals surface area contributed by atoms with E-state index in [9.17, 15) is 9.18 Å². The van der Waals surface area contributed by atoms with Gasteiger partial charge in [-0.05, 0) is 25.0 Å². The van der Waals surface area contributed by atoms with Crippen LogP contribution in [0.3, 0.4) is 0 Å². The molecule has 0 bridgehead atoms. The Labute approximate surface area is 90.6 Å². The van der Waals surface area contributed by atoms with Gasteiger partial charge in [0.05, 0.1) is 5.52 Å². The van der Waals surface area contributed by atoms with Crippen LogP contribution in [0.25, 0.3) is 11.0 Å². The molecule has 0 saturated carbocycles.